The number of anilines is 1. The third-order valence-electron chi connectivity index (χ3n) is 6.81. The number of benzene rings is 1. The SMILES string of the molecule is [B]c1cnn2c(NCc3cccnc3)cc(C3CCN(C(=O)c4c(C)cc(C)cc4C)CC3)nc12. The second-order valence-electron chi connectivity index (χ2n) is 9.46. The van der Waals surface area contributed by atoms with Gasteiger partial charge in [0.25, 0.3) is 5.91 Å². The van der Waals surface area contributed by atoms with Crippen LogP contribution in [0.5, 0.6) is 0 Å². The Labute approximate surface area is 207 Å². The molecule has 1 saturated heterocycles. The molecule has 35 heavy (non-hydrogen) atoms. The first-order valence-corrected chi connectivity index (χ1v) is 12.0. The van der Waals surface area contributed by atoms with Crippen LogP contribution in [0, 0.1) is 20.8 Å². The summed E-state index contributed by atoms with van der Waals surface area (Å²) in [4.78, 5) is 24.3. The van der Waals surface area contributed by atoms with Crippen LogP contribution in [0.4, 0.5) is 5.82 Å². The molecule has 1 fully saturated rings. The highest BCUT2D eigenvalue weighted by Gasteiger charge is 2.27. The number of carbonyl (C=O) groups excluding carboxylic acids is 1. The molecule has 8 heteroatoms. The quantitative estimate of drug-likeness (QED) is 0.458. The molecule has 1 amide bonds. The van der Waals surface area contributed by atoms with E-state index >= 15 is 0 Å². The lowest BCUT2D eigenvalue weighted by Crippen LogP contribution is -2.38. The van der Waals surface area contributed by atoms with Crippen LogP contribution in [-0.2, 0) is 6.54 Å². The number of piperidine rings is 1. The number of hydrogen-bond acceptors (Lipinski definition) is 5. The van der Waals surface area contributed by atoms with Gasteiger partial charge in [0.1, 0.15) is 19.3 Å². The highest BCUT2D eigenvalue weighted by Crippen LogP contribution is 2.30. The molecule has 1 aliphatic rings. The van der Waals surface area contributed by atoms with Crippen molar-refractivity contribution in [1.82, 2.24) is 24.5 Å². The van der Waals surface area contributed by atoms with E-state index in [1.165, 1.54) is 5.56 Å². The number of amides is 1. The van der Waals surface area contributed by atoms with Gasteiger partial charge in [-0.3, -0.25) is 9.78 Å². The standard InChI is InChI=1S/C27H29BN6O/c1-17-11-18(2)25(19(3)12-17)27(35)33-9-6-21(7-10-33)23-13-24(30-15-20-5-4-8-29-14-20)34-26(32-23)22(28)16-31-34/h4-5,8,11-14,16,21,30H,6-7,9-10,15H2,1-3H3. The predicted molar refractivity (Wildman–Crippen MR) is 138 cm³/mol. The fourth-order valence-electron chi connectivity index (χ4n) is 5.08. The van der Waals surface area contributed by atoms with Crippen LogP contribution < -0.4 is 10.8 Å². The van der Waals surface area contributed by atoms with E-state index in [1.807, 2.05) is 37.1 Å². The van der Waals surface area contributed by atoms with Crippen molar-refractivity contribution in [3.05, 3.63) is 82.4 Å². The molecular formula is C27H29BN6O. The molecular weight excluding hydrogens is 435 g/mol. The Bertz CT molecular complexity index is 1350. The summed E-state index contributed by atoms with van der Waals surface area (Å²) in [5.74, 6) is 1.22. The van der Waals surface area contributed by atoms with Gasteiger partial charge >= 0.3 is 0 Å². The lowest BCUT2D eigenvalue weighted by molar-refractivity contribution is 0.0710. The summed E-state index contributed by atoms with van der Waals surface area (Å²) in [6, 6.07) is 10.2. The number of aromatic nitrogens is 4. The van der Waals surface area contributed by atoms with E-state index in [-0.39, 0.29) is 11.8 Å². The summed E-state index contributed by atoms with van der Waals surface area (Å²) in [5, 5.41) is 7.87. The lowest BCUT2D eigenvalue weighted by atomic mass is 9.91. The molecule has 1 N–H and O–H groups in total. The van der Waals surface area contributed by atoms with Gasteiger partial charge in [-0.15, -0.1) is 0 Å². The van der Waals surface area contributed by atoms with Crippen LogP contribution in [0.3, 0.4) is 0 Å². The predicted octanol–water partition coefficient (Wildman–Crippen LogP) is 3.48. The van der Waals surface area contributed by atoms with E-state index in [4.69, 9.17) is 12.8 Å². The van der Waals surface area contributed by atoms with Gasteiger partial charge in [-0.05, 0) is 61.8 Å². The van der Waals surface area contributed by atoms with E-state index in [2.05, 4.69) is 40.5 Å². The zero-order valence-corrected chi connectivity index (χ0v) is 20.5. The minimum Gasteiger partial charge on any atom is -0.366 e. The largest absolute Gasteiger partial charge is 0.366 e. The molecule has 7 nitrogen and oxygen atoms in total. The lowest BCUT2D eigenvalue weighted by Gasteiger charge is -2.32. The third-order valence-corrected chi connectivity index (χ3v) is 6.81. The Balaban J connectivity index is 1.34. The molecule has 176 valence electrons. The number of pyridine rings is 1. The van der Waals surface area contributed by atoms with Crippen LogP contribution in [0.1, 0.15) is 57.1 Å². The number of fused-ring (bicyclic) bond motifs is 1. The molecule has 1 aliphatic heterocycles. The third kappa shape index (κ3) is 4.65. The summed E-state index contributed by atoms with van der Waals surface area (Å²) < 4.78 is 1.75. The monoisotopic (exact) mass is 464 g/mol. The highest BCUT2D eigenvalue weighted by atomic mass is 16.2. The molecule has 4 heterocycles. The average Bonchev–Trinajstić information content (AvgIpc) is 3.23. The molecule has 0 spiro atoms. The van der Waals surface area contributed by atoms with Crippen LogP contribution >= 0.6 is 0 Å². The molecule has 0 atom stereocenters. The van der Waals surface area contributed by atoms with Crippen molar-refractivity contribution in [2.24, 2.45) is 0 Å². The molecule has 0 saturated carbocycles. The normalized spacial score (nSPS) is 14.4. The zero-order chi connectivity index (χ0) is 24.5. The van der Waals surface area contributed by atoms with Crippen LogP contribution in [0.2, 0.25) is 0 Å². The molecule has 0 unspecified atom stereocenters. The number of nitrogens with one attached hydrogen (secondary N) is 1. The van der Waals surface area contributed by atoms with Crippen molar-refractivity contribution >= 4 is 30.7 Å². The fourth-order valence-corrected chi connectivity index (χ4v) is 5.08. The first-order valence-electron chi connectivity index (χ1n) is 12.0. The van der Waals surface area contributed by atoms with Crippen LogP contribution in [-0.4, -0.2) is 51.3 Å². The van der Waals surface area contributed by atoms with Gasteiger partial charge in [-0.25, -0.2) is 4.98 Å². The Morgan fingerprint density at radius 3 is 2.54 bits per heavy atom. The van der Waals surface area contributed by atoms with E-state index in [0.29, 0.717) is 30.7 Å². The maximum atomic E-state index is 13.3. The van der Waals surface area contributed by atoms with Crippen molar-refractivity contribution in [1.29, 1.82) is 0 Å². The van der Waals surface area contributed by atoms with Gasteiger partial charge in [0.05, 0.1) is 0 Å². The van der Waals surface area contributed by atoms with Gasteiger partial charge < -0.3 is 10.2 Å². The number of aryl methyl sites for hydroxylation is 3. The van der Waals surface area contributed by atoms with Crippen LogP contribution in [0.25, 0.3) is 5.65 Å². The number of likely N-dealkylation sites (tertiary alicyclic amines) is 1. The van der Waals surface area contributed by atoms with Crippen molar-refractivity contribution < 1.29 is 4.79 Å². The number of rotatable bonds is 5. The summed E-state index contributed by atoms with van der Waals surface area (Å²) in [6.45, 7) is 8.14. The molecule has 1 aromatic carbocycles. The second kappa shape index (κ2) is 9.52. The minimum absolute atomic E-state index is 0.126. The highest BCUT2D eigenvalue weighted by molar-refractivity contribution is 6.36. The van der Waals surface area contributed by atoms with E-state index in [0.717, 1.165) is 46.6 Å². The molecule has 5 rings (SSSR count). The van der Waals surface area contributed by atoms with Crippen molar-refractivity contribution in [3.63, 3.8) is 0 Å². The van der Waals surface area contributed by atoms with E-state index < -0.39 is 0 Å². The summed E-state index contributed by atoms with van der Waals surface area (Å²) in [6.07, 6.45) is 6.95. The Morgan fingerprint density at radius 2 is 1.86 bits per heavy atom. The van der Waals surface area contributed by atoms with Gasteiger partial charge in [-0.2, -0.15) is 9.61 Å². The Morgan fingerprint density at radius 1 is 1.11 bits per heavy atom. The van der Waals surface area contributed by atoms with Gasteiger partial charge in [0, 0.05) is 61.5 Å². The van der Waals surface area contributed by atoms with Crippen molar-refractivity contribution in [2.45, 2.75) is 46.1 Å². The van der Waals surface area contributed by atoms with Crippen molar-refractivity contribution in [3.8, 4) is 0 Å². The topological polar surface area (TPSA) is 75.4 Å². The van der Waals surface area contributed by atoms with E-state index in [1.54, 1.807) is 16.9 Å². The molecule has 3 aromatic heterocycles. The van der Waals surface area contributed by atoms with Gasteiger partial charge in [0.2, 0.25) is 0 Å². The van der Waals surface area contributed by atoms with E-state index in [9.17, 15) is 4.79 Å². The first kappa shape index (κ1) is 23.1. The van der Waals surface area contributed by atoms with Gasteiger partial charge in [-0.1, -0.05) is 23.8 Å². The molecule has 2 radical (unpaired) electrons. The summed E-state index contributed by atoms with van der Waals surface area (Å²) in [7, 11) is 6.18. The maximum Gasteiger partial charge on any atom is 0.254 e. The molecule has 0 bridgehead atoms. The fraction of sp³-hybridized carbons (Fsp3) is 0.333. The minimum atomic E-state index is 0.126. The summed E-state index contributed by atoms with van der Waals surface area (Å²) >= 11 is 0. The number of nitrogens with zero attached hydrogens (tertiary/aromatic N) is 5. The second-order valence-corrected chi connectivity index (χ2v) is 9.46. The first-order chi connectivity index (χ1) is 16.9. The smallest absolute Gasteiger partial charge is 0.254 e. The Hall–Kier alpha value is -3.68. The van der Waals surface area contributed by atoms with Crippen LogP contribution in [0.15, 0.2) is 48.9 Å². The van der Waals surface area contributed by atoms with Crippen molar-refractivity contribution in [2.75, 3.05) is 18.4 Å². The molecule has 0 aliphatic carbocycles. The van der Waals surface area contributed by atoms with Gasteiger partial charge in [0.15, 0.2) is 0 Å². The number of hydrogen-bond donors (Lipinski definition) is 1. The average molecular weight is 464 g/mol. The number of carbonyl (C=O) groups is 1. The molecule has 4 aromatic rings. The summed E-state index contributed by atoms with van der Waals surface area (Å²) in [5.41, 5.74) is 7.37. The Kier molecular flexibility index (Phi) is 6.28. The zero-order valence-electron chi connectivity index (χ0n) is 20.5. The maximum absolute atomic E-state index is 13.3.